The lowest BCUT2D eigenvalue weighted by Gasteiger charge is -2.12. The van der Waals surface area contributed by atoms with Crippen molar-refractivity contribution in [2.45, 2.75) is 47.1 Å². The minimum Gasteiger partial charge on any atom is -0.365 e. The molecule has 0 spiro atoms. The lowest BCUT2D eigenvalue weighted by molar-refractivity contribution is -0.140. The summed E-state index contributed by atoms with van der Waals surface area (Å²) in [7, 11) is 0. The van der Waals surface area contributed by atoms with Crippen LogP contribution in [0, 0.1) is 20.8 Å². The predicted molar refractivity (Wildman–Crippen MR) is 147 cm³/mol. The minimum atomic E-state index is -4.76. The highest BCUT2D eigenvalue weighted by Crippen LogP contribution is 2.44. The predicted octanol–water partition coefficient (Wildman–Crippen LogP) is 5.03. The molecular weight excluding hydrogens is 583 g/mol. The third-order valence-corrected chi connectivity index (χ3v) is 8.20. The van der Waals surface area contributed by atoms with E-state index in [0.717, 1.165) is 11.8 Å². The van der Waals surface area contributed by atoms with E-state index in [2.05, 4.69) is 25.6 Å². The molecule has 5 aromatic heterocycles. The van der Waals surface area contributed by atoms with E-state index in [4.69, 9.17) is 17.3 Å². The van der Waals surface area contributed by atoms with Gasteiger partial charge in [-0.15, -0.1) is 11.3 Å². The number of pyridine rings is 1. The summed E-state index contributed by atoms with van der Waals surface area (Å²) in [6.45, 7) is 7.79. The molecule has 0 unspecified atom stereocenters. The van der Waals surface area contributed by atoms with Gasteiger partial charge in [0.1, 0.15) is 22.1 Å². The molecule has 0 aliphatic carbocycles. The number of alkyl halides is 3. The Kier molecular flexibility index (Phi) is 7.11. The van der Waals surface area contributed by atoms with Crippen LogP contribution in [0.1, 0.15) is 49.9 Å². The van der Waals surface area contributed by atoms with Gasteiger partial charge in [0, 0.05) is 29.4 Å². The fraction of sp³-hybridized carbons (Fsp3) is 0.280. The highest BCUT2D eigenvalue weighted by atomic mass is 35.5. The summed E-state index contributed by atoms with van der Waals surface area (Å²) in [5.41, 5.74) is 6.84. The van der Waals surface area contributed by atoms with Crippen LogP contribution in [0.25, 0.3) is 21.3 Å². The maximum atomic E-state index is 13.8. The van der Waals surface area contributed by atoms with Gasteiger partial charge in [0.05, 0.1) is 28.3 Å². The second kappa shape index (κ2) is 10.3. The van der Waals surface area contributed by atoms with E-state index in [1.54, 1.807) is 36.3 Å². The number of thiophene rings is 1. The fourth-order valence-corrected chi connectivity index (χ4v) is 5.61. The number of nitrogens with one attached hydrogen (secondary N) is 1. The summed E-state index contributed by atoms with van der Waals surface area (Å²) < 4.78 is 46.2. The van der Waals surface area contributed by atoms with E-state index in [-0.39, 0.29) is 38.7 Å². The number of rotatable bonds is 7. The van der Waals surface area contributed by atoms with Crippen LogP contribution in [-0.4, -0.2) is 46.1 Å². The van der Waals surface area contributed by atoms with Gasteiger partial charge >= 0.3 is 6.18 Å². The SMILES string of the molecule is CCn1ncc(-c2cc(C(F)(F)F)nc3sc(C(N)=O)c(NC(=O)c4ccn(Cn5nc(C)c(Cl)c5C)n4)c23)c1C. The Morgan fingerprint density at radius 1 is 1.12 bits per heavy atom. The molecular formula is C25H23ClF3N9O2S. The number of nitrogens with zero attached hydrogens (tertiary/aromatic N) is 7. The fourth-order valence-electron chi connectivity index (χ4n) is 4.47. The molecule has 0 saturated carbocycles. The van der Waals surface area contributed by atoms with Gasteiger partial charge in [-0.3, -0.25) is 19.0 Å². The largest absolute Gasteiger partial charge is 0.433 e. The Bertz CT molecular complexity index is 1830. The van der Waals surface area contributed by atoms with Crippen LogP contribution in [0.15, 0.2) is 24.5 Å². The van der Waals surface area contributed by atoms with Crippen LogP contribution in [0.2, 0.25) is 5.02 Å². The normalized spacial score (nSPS) is 11.9. The summed E-state index contributed by atoms with van der Waals surface area (Å²) in [6, 6.07) is 2.34. The zero-order valence-corrected chi connectivity index (χ0v) is 23.7. The lowest BCUT2D eigenvalue weighted by atomic mass is 10.0. The molecule has 0 aromatic carbocycles. The molecule has 0 saturated heterocycles. The maximum Gasteiger partial charge on any atom is 0.433 e. The number of primary amides is 1. The van der Waals surface area contributed by atoms with Gasteiger partial charge in [0.2, 0.25) is 0 Å². The van der Waals surface area contributed by atoms with Crippen LogP contribution >= 0.6 is 22.9 Å². The van der Waals surface area contributed by atoms with Crippen LogP contribution in [0.4, 0.5) is 18.9 Å². The average Bonchev–Trinajstić information content (AvgIpc) is 3.67. The smallest absolute Gasteiger partial charge is 0.365 e. The molecule has 0 bridgehead atoms. The quantitative estimate of drug-likeness (QED) is 0.267. The number of hydrogen-bond donors (Lipinski definition) is 2. The maximum absolute atomic E-state index is 13.8. The highest BCUT2D eigenvalue weighted by Gasteiger charge is 2.35. The van der Waals surface area contributed by atoms with Crippen molar-refractivity contribution in [1.82, 2.24) is 34.3 Å². The number of hydrogen-bond acceptors (Lipinski definition) is 7. The van der Waals surface area contributed by atoms with Crippen LogP contribution < -0.4 is 11.1 Å². The molecule has 5 rings (SSSR count). The monoisotopic (exact) mass is 605 g/mol. The first-order valence-electron chi connectivity index (χ1n) is 12.2. The Hall–Kier alpha value is -4.24. The number of aryl methyl sites for hydroxylation is 2. The van der Waals surface area contributed by atoms with Crippen LogP contribution in [0.5, 0.6) is 0 Å². The number of amides is 2. The van der Waals surface area contributed by atoms with Crippen molar-refractivity contribution < 1.29 is 22.8 Å². The first-order chi connectivity index (χ1) is 19.3. The topological polar surface area (TPSA) is 139 Å². The van der Waals surface area contributed by atoms with Gasteiger partial charge in [0.15, 0.2) is 5.69 Å². The number of nitrogens with two attached hydrogens (primary N) is 1. The molecule has 0 aliphatic heterocycles. The minimum absolute atomic E-state index is 0.0104. The van der Waals surface area contributed by atoms with Gasteiger partial charge < -0.3 is 11.1 Å². The second-order valence-electron chi connectivity index (χ2n) is 9.18. The lowest BCUT2D eigenvalue weighted by Crippen LogP contribution is -2.18. The van der Waals surface area contributed by atoms with Gasteiger partial charge in [-0.2, -0.15) is 28.5 Å². The van der Waals surface area contributed by atoms with Gasteiger partial charge in [-0.1, -0.05) is 11.6 Å². The van der Waals surface area contributed by atoms with E-state index in [0.29, 0.717) is 39.9 Å². The molecule has 11 nitrogen and oxygen atoms in total. The highest BCUT2D eigenvalue weighted by molar-refractivity contribution is 7.21. The zero-order valence-electron chi connectivity index (χ0n) is 22.2. The van der Waals surface area contributed by atoms with Crippen molar-refractivity contribution in [3.63, 3.8) is 0 Å². The van der Waals surface area contributed by atoms with Crippen molar-refractivity contribution in [2.24, 2.45) is 5.73 Å². The van der Waals surface area contributed by atoms with Crippen molar-refractivity contribution in [3.8, 4) is 11.1 Å². The van der Waals surface area contributed by atoms with E-state index < -0.39 is 23.7 Å². The Balaban J connectivity index is 1.59. The molecule has 5 heterocycles. The molecule has 0 atom stereocenters. The Morgan fingerprint density at radius 2 is 1.85 bits per heavy atom. The number of anilines is 1. The van der Waals surface area contributed by atoms with Crippen molar-refractivity contribution in [2.75, 3.05) is 5.32 Å². The molecule has 2 amide bonds. The van der Waals surface area contributed by atoms with E-state index in [1.807, 2.05) is 6.92 Å². The van der Waals surface area contributed by atoms with E-state index in [9.17, 15) is 22.8 Å². The molecule has 5 aromatic rings. The number of carbonyl (C=O) groups excluding carboxylic acids is 2. The molecule has 0 radical (unpaired) electrons. The Morgan fingerprint density at radius 3 is 2.44 bits per heavy atom. The standard InChI is InChI=1S/C25H23ClF3N9O2S/c1-5-37-12(3)15(9-31-37)14-8-17(25(27,28)29)32-24-18(14)20(21(41-24)22(30)39)33-23(40)16-6-7-36(35-16)10-38-13(4)19(26)11(2)34-38/h6-9H,5,10H2,1-4H3,(H2,30,39)(H,33,40). The van der Waals surface area contributed by atoms with E-state index in [1.165, 1.54) is 16.9 Å². The molecule has 0 fully saturated rings. The summed E-state index contributed by atoms with van der Waals surface area (Å²) in [6.07, 6.45) is -1.76. The first kappa shape index (κ1) is 28.3. The molecule has 3 N–H and O–H groups in total. The van der Waals surface area contributed by atoms with Gasteiger partial charge in [0.25, 0.3) is 11.8 Å². The number of aromatic nitrogens is 7. The van der Waals surface area contributed by atoms with Crippen molar-refractivity contribution in [3.05, 3.63) is 62.9 Å². The average molecular weight is 606 g/mol. The number of halogens is 4. The third kappa shape index (κ3) is 5.06. The third-order valence-electron chi connectivity index (χ3n) is 6.55. The summed E-state index contributed by atoms with van der Waals surface area (Å²) in [4.78, 5) is 29.2. The molecule has 16 heteroatoms. The van der Waals surface area contributed by atoms with Crippen LogP contribution in [0.3, 0.4) is 0 Å². The Labute approximate surface area is 239 Å². The number of carbonyl (C=O) groups is 2. The number of fused-ring (bicyclic) bond motifs is 1. The first-order valence-corrected chi connectivity index (χ1v) is 13.4. The van der Waals surface area contributed by atoms with Crippen LogP contribution in [-0.2, 0) is 19.4 Å². The molecule has 0 aliphatic rings. The van der Waals surface area contributed by atoms with Crippen molar-refractivity contribution >= 4 is 50.7 Å². The van der Waals surface area contributed by atoms with E-state index >= 15 is 0 Å². The second-order valence-corrected chi connectivity index (χ2v) is 10.6. The summed E-state index contributed by atoms with van der Waals surface area (Å²) in [5.74, 6) is -1.64. The zero-order chi connectivity index (χ0) is 29.8. The molecule has 214 valence electrons. The summed E-state index contributed by atoms with van der Waals surface area (Å²) in [5, 5.41) is 16.2. The molecule has 41 heavy (non-hydrogen) atoms. The van der Waals surface area contributed by atoms with Gasteiger partial charge in [-0.05, 0) is 45.4 Å². The van der Waals surface area contributed by atoms with Gasteiger partial charge in [-0.25, -0.2) is 9.67 Å². The van der Waals surface area contributed by atoms with Crippen molar-refractivity contribution in [1.29, 1.82) is 0 Å². The summed E-state index contributed by atoms with van der Waals surface area (Å²) >= 11 is 6.87.